The second-order valence-corrected chi connectivity index (χ2v) is 6.31. The molecule has 120 valence electrons. The highest BCUT2D eigenvalue weighted by molar-refractivity contribution is 7.91. The van der Waals surface area contributed by atoms with Crippen LogP contribution in [0.25, 0.3) is 0 Å². The van der Waals surface area contributed by atoms with Crippen LogP contribution in [-0.4, -0.2) is 52.9 Å². The Bertz CT molecular complexity index is 586. The van der Waals surface area contributed by atoms with Crippen LogP contribution < -0.4 is 0 Å². The number of hydrogen-bond acceptors (Lipinski definition) is 5. The van der Waals surface area contributed by atoms with Crippen molar-refractivity contribution in [1.82, 2.24) is 4.90 Å². The van der Waals surface area contributed by atoms with E-state index in [1.165, 1.54) is 0 Å². The summed E-state index contributed by atoms with van der Waals surface area (Å²) in [6, 6.07) is -1.92. The molecular formula is C5H6F6N2O5S2. The molecule has 15 heteroatoms. The minimum atomic E-state index is -6.36. The van der Waals surface area contributed by atoms with Crippen LogP contribution in [0.15, 0.2) is 4.40 Å². The molecule has 0 radical (unpaired) electrons. The average molecular weight is 352 g/mol. The molecule has 0 spiro atoms. The lowest BCUT2D eigenvalue weighted by Crippen LogP contribution is -2.35. The molecule has 0 aromatic carbocycles. The summed E-state index contributed by atoms with van der Waals surface area (Å²) < 4.78 is 119. The van der Waals surface area contributed by atoms with Gasteiger partial charge >= 0.3 is 37.2 Å². The maximum Gasteiger partial charge on any atom is 0.534 e. The predicted molar refractivity (Wildman–Crippen MR) is 52.2 cm³/mol. The van der Waals surface area contributed by atoms with Crippen molar-refractivity contribution in [3.05, 3.63) is 0 Å². The number of amidine groups is 1. The van der Waals surface area contributed by atoms with Gasteiger partial charge in [0.1, 0.15) is 0 Å². The van der Waals surface area contributed by atoms with Gasteiger partial charge in [-0.25, -0.2) is 0 Å². The van der Waals surface area contributed by atoms with Crippen LogP contribution in [0.4, 0.5) is 26.3 Å². The number of nitrogens with zero attached hydrogens (tertiary/aromatic N) is 2. The molecule has 0 fully saturated rings. The monoisotopic (exact) mass is 352 g/mol. The van der Waals surface area contributed by atoms with Crippen molar-refractivity contribution in [1.29, 1.82) is 0 Å². The van der Waals surface area contributed by atoms with Gasteiger partial charge < -0.3 is 9.08 Å². The van der Waals surface area contributed by atoms with Crippen molar-refractivity contribution in [2.45, 2.75) is 11.0 Å². The summed E-state index contributed by atoms with van der Waals surface area (Å²) in [6.07, 6.45) is 0. The lowest BCUT2D eigenvalue weighted by atomic mass is 10.9. The van der Waals surface area contributed by atoms with E-state index in [0.717, 1.165) is 14.1 Å². The molecule has 0 atom stereocenters. The molecule has 0 bridgehead atoms. The number of rotatable bonds is 2. The van der Waals surface area contributed by atoms with Gasteiger partial charge in [0.15, 0.2) is 0 Å². The third kappa shape index (κ3) is 4.39. The van der Waals surface area contributed by atoms with E-state index >= 15 is 0 Å². The highest BCUT2D eigenvalue weighted by Crippen LogP contribution is 2.27. The Kier molecular flexibility index (Phi) is 4.94. The molecule has 0 saturated heterocycles. The molecular weight excluding hydrogens is 346 g/mol. The van der Waals surface area contributed by atoms with Gasteiger partial charge in [0.2, 0.25) is 0 Å². The van der Waals surface area contributed by atoms with E-state index in [2.05, 4.69) is 4.18 Å². The minimum Gasteiger partial charge on any atom is -0.338 e. The van der Waals surface area contributed by atoms with Crippen LogP contribution >= 0.6 is 0 Å². The van der Waals surface area contributed by atoms with Gasteiger partial charge in [0, 0.05) is 14.1 Å². The van der Waals surface area contributed by atoms with Crippen molar-refractivity contribution >= 4 is 26.2 Å². The van der Waals surface area contributed by atoms with Crippen LogP contribution in [0.3, 0.4) is 0 Å². The average Bonchev–Trinajstić information content (AvgIpc) is 2.11. The first-order chi connectivity index (χ1) is 8.51. The molecule has 0 aromatic rings. The zero-order valence-corrected chi connectivity index (χ0v) is 11.2. The Morgan fingerprint density at radius 2 is 1.35 bits per heavy atom. The second-order valence-electron chi connectivity index (χ2n) is 3.17. The van der Waals surface area contributed by atoms with Crippen LogP contribution in [0.1, 0.15) is 0 Å². The molecule has 0 aliphatic carbocycles. The lowest BCUT2D eigenvalue weighted by Gasteiger charge is -2.16. The first kappa shape index (κ1) is 18.8. The largest absolute Gasteiger partial charge is 0.534 e. The summed E-state index contributed by atoms with van der Waals surface area (Å²) in [5, 5.41) is 0. The second kappa shape index (κ2) is 5.27. The van der Waals surface area contributed by atoms with Gasteiger partial charge in [-0.3, -0.25) is 0 Å². The minimum absolute atomic E-state index is 0.201. The van der Waals surface area contributed by atoms with Crippen LogP contribution in [0.5, 0.6) is 0 Å². The Labute approximate surface area is 109 Å². The van der Waals surface area contributed by atoms with Gasteiger partial charge in [-0.2, -0.15) is 43.2 Å². The zero-order valence-electron chi connectivity index (χ0n) is 9.52. The molecule has 0 aromatic heterocycles. The Morgan fingerprint density at radius 3 is 1.60 bits per heavy atom. The Balaban J connectivity index is 5.77. The van der Waals surface area contributed by atoms with Crippen molar-refractivity contribution in [2.24, 2.45) is 4.40 Å². The third-order valence-electron chi connectivity index (χ3n) is 1.34. The fourth-order valence-corrected chi connectivity index (χ4v) is 1.51. The van der Waals surface area contributed by atoms with E-state index in [1.54, 1.807) is 0 Å². The first-order valence-corrected chi connectivity index (χ1v) is 6.95. The molecule has 0 aliphatic rings. The van der Waals surface area contributed by atoms with Crippen molar-refractivity contribution in [3.63, 3.8) is 0 Å². The third-order valence-corrected chi connectivity index (χ3v) is 3.26. The van der Waals surface area contributed by atoms with Crippen molar-refractivity contribution < 1.29 is 47.4 Å². The first-order valence-electron chi connectivity index (χ1n) is 4.10. The highest BCUT2D eigenvalue weighted by Gasteiger charge is 2.51. The normalized spacial score (nSPS) is 15.1. The number of alkyl halides is 6. The Morgan fingerprint density at radius 1 is 0.950 bits per heavy atom. The van der Waals surface area contributed by atoms with E-state index in [0.29, 0.717) is 0 Å². The topological polar surface area (TPSA) is 93.1 Å². The summed E-state index contributed by atoms with van der Waals surface area (Å²) >= 11 is 0. The van der Waals surface area contributed by atoms with Crippen molar-refractivity contribution in [2.75, 3.05) is 14.1 Å². The van der Waals surface area contributed by atoms with E-state index in [1.807, 2.05) is 4.40 Å². The summed E-state index contributed by atoms with van der Waals surface area (Å²) in [7, 11) is -11.2. The van der Waals surface area contributed by atoms with Gasteiger partial charge in [-0.1, -0.05) is 0 Å². The quantitative estimate of drug-likeness (QED) is 0.238. The maximum atomic E-state index is 12.0. The smallest absolute Gasteiger partial charge is 0.338 e. The molecule has 7 nitrogen and oxygen atoms in total. The summed E-state index contributed by atoms with van der Waals surface area (Å²) in [5.41, 5.74) is -11.9. The van der Waals surface area contributed by atoms with E-state index in [-0.39, 0.29) is 4.90 Å². The number of hydrogen-bond donors (Lipinski definition) is 0. The Hall–Kier alpha value is -1.25. The molecule has 0 unspecified atom stereocenters. The van der Waals surface area contributed by atoms with Crippen LogP contribution in [0, 0.1) is 0 Å². The molecule has 0 N–H and O–H groups in total. The van der Waals surface area contributed by atoms with Crippen LogP contribution in [-0.2, 0) is 24.3 Å². The number of halogens is 6. The van der Waals surface area contributed by atoms with Gasteiger partial charge in [0.25, 0.3) is 0 Å². The summed E-state index contributed by atoms with van der Waals surface area (Å²) in [6.45, 7) is 0. The fraction of sp³-hybridized carbons (Fsp3) is 0.800. The van der Waals surface area contributed by atoms with E-state index in [9.17, 15) is 43.2 Å². The van der Waals surface area contributed by atoms with Crippen molar-refractivity contribution in [3.8, 4) is 0 Å². The summed E-state index contributed by atoms with van der Waals surface area (Å²) in [4.78, 5) is 0.201. The van der Waals surface area contributed by atoms with E-state index in [4.69, 9.17) is 0 Å². The van der Waals surface area contributed by atoms with Gasteiger partial charge in [0.05, 0.1) is 0 Å². The standard InChI is InChI=1S/C5H6F6N2O5S2/c1-13(2)3(12-19(14,15)4(6,7)8)18-20(16,17)5(9,10)11/h1-2H3. The highest BCUT2D eigenvalue weighted by atomic mass is 32.2. The lowest BCUT2D eigenvalue weighted by molar-refractivity contribution is -0.0508. The molecule has 0 saturated carbocycles. The molecule has 0 rings (SSSR count). The van der Waals surface area contributed by atoms with Gasteiger partial charge in [-0.15, -0.1) is 4.40 Å². The molecule has 0 amide bonds. The van der Waals surface area contributed by atoms with Gasteiger partial charge in [-0.05, 0) is 0 Å². The summed E-state index contributed by atoms with van der Waals surface area (Å²) in [5.74, 6) is 0. The predicted octanol–water partition coefficient (Wildman–Crippen LogP) is 0.620. The number of sulfonamides is 1. The molecule has 0 heterocycles. The molecule has 0 aliphatic heterocycles. The SMILES string of the molecule is CN(C)C(=NS(=O)(=O)C(F)(F)F)OS(=O)(=O)C(F)(F)F. The molecule has 20 heavy (non-hydrogen) atoms. The fourth-order valence-electron chi connectivity index (χ4n) is 0.471. The zero-order chi connectivity index (χ0) is 16.6. The maximum absolute atomic E-state index is 12.0. The van der Waals surface area contributed by atoms with E-state index < -0.39 is 37.2 Å². The van der Waals surface area contributed by atoms with Crippen LogP contribution in [0.2, 0.25) is 0 Å².